The summed E-state index contributed by atoms with van der Waals surface area (Å²) < 4.78 is 31.7. The van der Waals surface area contributed by atoms with E-state index in [-0.39, 0.29) is 23.3 Å². The Kier molecular flexibility index (Phi) is 7.04. The molecule has 0 bridgehead atoms. The molecule has 4 rings (SSSR count). The number of halogens is 3. The molecule has 2 amide bonds. The number of amides is 2. The SMILES string of the molecule is Cc1ccc(C(=O)N2CCC3(CC2)CC(c2ccccc2)C(=O)N3)cn1.O=C(O)C(F)(F)F. The molecule has 2 aliphatic heterocycles. The fourth-order valence-electron chi connectivity index (χ4n) is 4.08. The summed E-state index contributed by atoms with van der Waals surface area (Å²) >= 11 is 0. The Balaban J connectivity index is 0.000000383. The second-order valence-electron chi connectivity index (χ2n) is 8.22. The zero-order chi connectivity index (χ0) is 24.2. The predicted molar refractivity (Wildman–Crippen MR) is 112 cm³/mol. The maximum atomic E-state index is 12.7. The molecule has 1 atom stereocenters. The van der Waals surface area contributed by atoms with Crippen molar-refractivity contribution in [3.63, 3.8) is 0 Å². The average Bonchev–Trinajstić information content (AvgIpc) is 3.10. The summed E-state index contributed by atoms with van der Waals surface area (Å²) in [6.07, 6.45) is -1.03. The number of hydrogen-bond acceptors (Lipinski definition) is 4. The van der Waals surface area contributed by atoms with Gasteiger partial charge in [-0.05, 0) is 43.9 Å². The summed E-state index contributed by atoms with van der Waals surface area (Å²) in [6.45, 7) is 3.23. The Hall–Kier alpha value is -3.43. The molecule has 2 aliphatic rings. The van der Waals surface area contributed by atoms with Crippen molar-refractivity contribution >= 4 is 17.8 Å². The molecule has 1 spiro atoms. The minimum Gasteiger partial charge on any atom is -0.475 e. The molecule has 33 heavy (non-hydrogen) atoms. The normalized spacial score (nSPS) is 19.5. The van der Waals surface area contributed by atoms with E-state index in [0.29, 0.717) is 18.7 Å². The van der Waals surface area contributed by atoms with Gasteiger partial charge in [0.25, 0.3) is 5.91 Å². The van der Waals surface area contributed by atoms with Crippen molar-refractivity contribution in [2.75, 3.05) is 13.1 Å². The molecule has 2 fully saturated rings. The van der Waals surface area contributed by atoms with E-state index in [1.165, 1.54) is 0 Å². The van der Waals surface area contributed by atoms with Crippen molar-refractivity contribution in [3.8, 4) is 0 Å². The molecule has 0 radical (unpaired) electrons. The molecule has 0 aliphatic carbocycles. The van der Waals surface area contributed by atoms with Crippen LogP contribution in [0.15, 0.2) is 48.7 Å². The number of likely N-dealkylation sites (tertiary alicyclic amines) is 1. The molecule has 7 nitrogen and oxygen atoms in total. The Labute approximate surface area is 188 Å². The van der Waals surface area contributed by atoms with Crippen LogP contribution in [-0.4, -0.2) is 57.6 Å². The van der Waals surface area contributed by atoms with Crippen LogP contribution >= 0.6 is 0 Å². The highest BCUT2D eigenvalue weighted by Gasteiger charge is 2.46. The smallest absolute Gasteiger partial charge is 0.475 e. The molecular formula is C23H24F3N3O4. The summed E-state index contributed by atoms with van der Waals surface area (Å²) in [6, 6.07) is 13.7. The second-order valence-corrected chi connectivity index (χ2v) is 8.22. The molecular weight excluding hydrogens is 439 g/mol. The van der Waals surface area contributed by atoms with Crippen LogP contribution in [0, 0.1) is 6.92 Å². The van der Waals surface area contributed by atoms with Crippen molar-refractivity contribution < 1.29 is 32.7 Å². The number of carbonyl (C=O) groups is 3. The highest BCUT2D eigenvalue weighted by atomic mass is 19.4. The molecule has 3 heterocycles. The largest absolute Gasteiger partial charge is 0.490 e. The number of benzene rings is 1. The number of rotatable bonds is 2. The van der Waals surface area contributed by atoms with Gasteiger partial charge >= 0.3 is 12.1 Å². The number of carbonyl (C=O) groups excluding carboxylic acids is 2. The molecule has 2 N–H and O–H groups in total. The Morgan fingerprint density at radius 2 is 1.73 bits per heavy atom. The lowest BCUT2D eigenvalue weighted by molar-refractivity contribution is -0.192. The van der Waals surface area contributed by atoms with E-state index >= 15 is 0 Å². The van der Waals surface area contributed by atoms with Gasteiger partial charge in [-0.1, -0.05) is 30.3 Å². The van der Waals surface area contributed by atoms with Crippen LogP contribution in [0.25, 0.3) is 0 Å². The van der Waals surface area contributed by atoms with E-state index in [0.717, 1.165) is 30.5 Å². The first-order chi connectivity index (χ1) is 15.5. The van der Waals surface area contributed by atoms with Crippen LogP contribution in [0.5, 0.6) is 0 Å². The van der Waals surface area contributed by atoms with E-state index < -0.39 is 12.1 Å². The topological polar surface area (TPSA) is 99.6 Å². The lowest BCUT2D eigenvalue weighted by atomic mass is 9.82. The molecule has 10 heteroatoms. The fourth-order valence-corrected chi connectivity index (χ4v) is 4.08. The van der Waals surface area contributed by atoms with Gasteiger partial charge in [-0.25, -0.2) is 4.79 Å². The number of aliphatic carboxylic acids is 1. The number of nitrogens with one attached hydrogen (secondary N) is 1. The minimum absolute atomic E-state index is 0.0243. The van der Waals surface area contributed by atoms with Crippen LogP contribution in [0.4, 0.5) is 13.2 Å². The maximum absolute atomic E-state index is 12.7. The number of piperidine rings is 1. The summed E-state index contributed by atoms with van der Waals surface area (Å²) in [4.78, 5) is 40.2. The Morgan fingerprint density at radius 3 is 2.24 bits per heavy atom. The Bertz CT molecular complexity index is 1000. The quantitative estimate of drug-likeness (QED) is 0.712. The van der Waals surface area contributed by atoms with Crippen molar-refractivity contribution in [1.29, 1.82) is 0 Å². The summed E-state index contributed by atoms with van der Waals surface area (Å²) in [5.74, 6) is -2.71. The molecule has 1 aromatic heterocycles. The third kappa shape index (κ3) is 5.88. The monoisotopic (exact) mass is 463 g/mol. The molecule has 1 aromatic carbocycles. The Morgan fingerprint density at radius 1 is 1.12 bits per heavy atom. The predicted octanol–water partition coefficient (Wildman–Crippen LogP) is 3.30. The van der Waals surface area contributed by atoms with Gasteiger partial charge in [0, 0.05) is 30.5 Å². The van der Waals surface area contributed by atoms with Crippen LogP contribution in [0.2, 0.25) is 0 Å². The average molecular weight is 463 g/mol. The number of pyridine rings is 1. The van der Waals surface area contributed by atoms with Crippen LogP contribution in [-0.2, 0) is 9.59 Å². The highest BCUT2D eigenvalue weighted by Crippen LogP contribution is 2.39. The van der Waals surface area contributed by atoms with Crippen LogP contribution in [0.1, 0.15) is 46.8 Å². The van der Waals surface area contributed by atoms with Crippen molar-refractivity contribution in [1.82, 2.24) is 15.2 Å². The molecule has 2 aromatic rings. The zero-order valence-corrected chi connectivity index (χ0v) is 17.9. The number of carboxylic acids is 1. The highest BCUT2D eigenvalue weighted by molar-refractivity contribution is 5.94. The summed E-state index contributed by atoms with van der Waals surface area (Å²) in [5.41, 5.74) is 2.43. The van der Waals surface area contributed by atoms with Crippen LogP contribution < -0.4 is 5.32 Å². The van der Waals surface area contributed by atoms with E-state index in [9.17, 15) is 22.8 Å². The lowest BCUT2D eigenvalue weighted by Crippen LogP contribution is -2.52. The van der Waals surface area contributed by atoms with Gasteiger partial charge in [0.1, 0.15) is 0 Å². The number of carboxylic acid groups (broad SMARTS) is 1. The van der Waals surface area contributed by atoms with Gasteiger partial charge in [-0.2, -0.15) is 13.2 Å². The number of alkyl halides is 3. The number of aryl methyl sites for hydroxylation is 1. The van der Waals surface area contributed by atoms with E-state index in [4.69, 9.17) is 9.90 Å². The van der Waals surface area contributed by atoms with Gasteiger partial charge in [-0.15, -0.1) is 0 Å². The molecule has 2 saturated heterocycles. The van der Waals surface area contributed by atoms with Gasteiger partial charge in [0.2, 0.25) is 5.91 Å². The second kappa shape index (κ2) is 9.60. The zero-order valence-electron chi connectivity index (χ0n) is 17.9. The first-order valence-electron chi connectivity index (χ1n) is 10.4. The van der Waals surface area contributed by atoms with Gasteiger partial charge < -0.3 is 15.3 Å². The first kappa shape index (κ1) is 24.2. The van der Waals surface area contributed by atoms with E-state index in [2.05, 4.69) is 10.3 Å². The number of aromatic nitrogens is 1. The first-order valence-corrected chi connectivity index (χ1v) is 10.4. The van der Waals surface area contributed by atoms with Crippen molar-refractivity contribution in [3.05, 3.63) is 65.5 Å². The van der Waals surface area contributed by atoms with Gasteiger partial charge in [-0.3, -0.25) is 14.6 Å². The van der Waals surface area contributed by atoms with E-state index in [1.54, 1.807) is 6.20 Å². The number of hydrogen-bond donors (Lipinski definition) is 2. The third-order valence-electron chi connectivity index (χ3n) is 5.91. The van der Waals surface area contributed by atoms with Gasteiger partial charge in [0.05, 0.1) is 11.5 Å². The fraction of sp³-hybridized carbons (Fsp3) is 0.391. The maximum Gasteiger partial charge on any atom is 0.490 e. The summed E-state index contributed by atoms with van der Waals surface area (Å²) in [5, 5.41) is 10.4. The number of nitrogens with zero attached hydrogens (tertiary/aromatic N) is 2. The molecule has 0 saturated carbocycles. The van der Waals surface area contributed by atoms with Crippen molar-refractivity contribution in [2.45, 2.75) is 43.8 Å². The molecule has 176 valence electrons. The lowest BCUT2D eigenvalue weighted by Gasteiger charge is -2.39. The molecule has 1 unspecified atom stereocenters. The van der Waals surface area contributed by atoms with Gasteiger partial charge in [0.15, 0.2) is 0 Å². The third-order valence-corrected chi connectivity index (χ3v) is 5.91. The standard InChI is InChI=1S/C21H23N3O2.C2HF3O2/c1-15-7-8-17(14-22-15)20(26)24-11-9-21(10-12-24)13-18(19(25)23-21)16-5-3-2-4-6-16;3-2(4,5)1(6)7/h2-8,14,18H,9-13H2,1H3,(H,23,25);(H,6,7). The minimum atomic E-state index is -5.08. The van der Waals surface area contributed by atoms with E-state index in [1.807, 2.05) is 54.3 Å². The van der Waals surface area contributed by atoms with Crippen molar-refractivity contribution in [2.24, 2.45) is 0 Å². The van der Waals surface area contributed by atoms with Crippen LogP contribution in [0.3, 0.4) is 0 Å². The summed E-state index contributed by atoms with van der Waals surface area (Å²) in [7, 11) is 0.